The van der Waals surface area contributed by atoms with Gasteiger partial charge in [-0.2, -0.15) is 0 Å². The Kier molecular flexibility index (Phi) is 3.48. The van der Waals surface area contributed by atoms with E-state index in [0.29, 0.717) is 0 Å². The Labute approximate surface area is 116 Å². The quantitative estimate of drug-likeness (QED) is 0.865. The van der Waals surface area contributed by atoms with Crippen LogP contribution in [0, 0.1) is 0 Å². The number of rotatable bonds is 3. The molecule has 1 amide bonds. The molecule has 0 saturated carbocycles. The Morgan fingerprint density at radius 2 is 2.37 bits per heavy atom. The van der Waals surface area contributed by atoms with E-state index in [1.54, 1.807) is 18.4 Å². The molecule has 0 aliphatic carbocycles. The van der Waals surface area contributed by atoms with Gasteiger partial charge in [0.05, 0.1) is 16.3 Å². The fraction of sp³-hybridized carbons (Fsp3) is 0.429. The summed E-state index contributed by atoms with van der Waals surface area (Å²) < 4.78 is 6.13. The molecule has 0 bridgehead atoms. The van der Waals surface area contributed by atoms with Crippen LogP contribution < -0.4 is 0 Å². The number of para-hydroxylation sites is 1. The number of amides is 1. The van der Waals surface area contributed by atoms with Crippen LogP contribution in [0.3, 0.4) is 0 Å². The third kappa shape index (κ3) is 2.35. The number of hydrogen-bond acceptors (Lipinski definition) is 4. The van der Waals surface area contributed by atoms with Gasteiger partial charge in [-0.05, 0) is 25.0 Å². The lowest BCUT2D eigenvalue weighted by Crippen LogP contribution is -2.33. The van der Waals surface area contributed by atoms with E-state index in [-0.39, 0.29) is 18.6 Å². The number of nitrogens with zero attached hydrogens (tertiary/aromatic N) is 2. The first kappa shape index (κ1) is 12.6. The summed E-state index contributed by atoms with van der Waals surface area (Å²) in [6, 6.07) is 8.24. The van der Waals surface area contributed by atoms with Crippen LogP contribution in [0.15, 0.2) is 24.3 Å². The molecule has 4 nitrogen and oxygen atoms in total. The van der Waals surface area contributed by atoms with Crippen molar-refractivity contribution in [1.82, 2.24) is 9.88 Å². The van der Waals surface area contributed by atoms with E-state index in [4.69, 9.17) is 4.74 Å². The van der Waals surface area contributed by atoms with E-state index >= 15 is 0 Å². The fourth-order valence-electron chi connectivity index (χ4n) is 2.56. The van der Waals surface area contributed by atoms with Gasteiger partial charge in [-0.25, -0.2) is 4.98 Å². The SMILES string of the molecule is COCC(=O)N1CCC[C@@H]1c1nc2ccccc2s1. The first-order valence-electron chi connectivity index (χ1n) is 6.43. The molecule has 0 unspecified atom stereocenters. The Bertz CT molecular complexity index is 563. The van der Waals surface area contributed by atoms with E-state index in [1.807, 2.05) is 23.1 Å². The topological polar surface area (TPSA) is 42.4 Å². The van der Waals surface area contributed by atoms with Crippen molar-refractivity contribution in [3.63, 3.8) is 0 Å². The van der Waals surface area contributed by atoms with E-state index in [2.05, 4.69) is 11.1 Å². The minimum atomic E-state index is 0.0595. The summed E-state index contributed by atoms with van der Waals surface area (Å²) in [6.07, 6.45) is 2.03. The van der Waals surface area contributed by atoms with Crippen LogP contribution in [-0.4, -0.2) is 36.1 Å². The highest BCUT2D eigenvalue weighted by molar-refractivity contribution is 7.18. The monoisotopic (exact) mass is 276 g/mol. The summed E-state index contributed by atoms with van der Waals surface area (Å²) in [5, 5.41) is 1.04. The van der Waals surface area contributed by atoms with Gasteiger partial charge >= 0.3 is 0 Å². The molecule has 2 heterocycles. The predicted molar refractivity (Wildman–Crippen MR) is 75.2 cm³/mol. The summed E-state index contributed by atoms with van der Waals surface area (Å²) >= 11 is 1.69. The van der Waals surface area contributed by atoms with Gasteiger partial charge in [-0.1, -0.05) is 12.1 Å². The molecule has 0 radical (unpaired) electrons. The molecule has 1 fully saturated rings. The fourth-order valence-corrected chi connectivity index (χ4v) is 3.68. The average Bonchev–Trinajstić information content (AvgIpc) is 3.05. The van der Waals surface area contributed by atoms with Gasteiger partial charge in [0.25, 0.3) is 0 Å². The largest absolute Gasteiger partial charge is 0.375 e. The lowest BCUT2D eigenvalue weighted by atomic mass is 10.2. The van der Waals surface area contributed by atoms with Gasteiger partial charge in [0.2, 0.25) is 5.91 Å². The highest BCUT2D eigenvalue weighted by Crippen LogP contribution is 2.36. The molecule has 1 saturated heterocycles. The van der Waals surface area contributed by atoms with Crippen LogP contribution in [0.2, 0.25) is 0 Å². The Morgan fingerprint density at radius 3 is 3.16 bits per heavy atom. The lowest BCUT2D eigenvalue weighted by Gasteiger charge is -2.22. The molecule has 100 valence electrons. The zero-order valence-electron chi connectivity index (χ0n) is 10.8. The van der Waals surface area contributed by atoms with Gasteiger partial charge in [-0.3, -0.25) is 4.79 Å². The summed E-state index contributed by atoms with van der Waals surface area (Å²) in [7, 11) is 1.56. The highest BCUT2D eigenvalue weighted by Gasteiger charge is 2.31. The molecule has 0 N–H and O–H groups in total. The summed E-state index contributed by atoms with van der Waals surface area (Å²) in [6.45, 7) is 0.962. The maximum atomic E-state index is 12.0. The number of thiazole rings is 1. The first-order valence-corrected chi connectivity index (χ1v) is 7.25. The molecule has 3 rings (SSSR count). The van der Waals surface area contributed by atoms with Crippen molar-refractivity contribution in [3.8, 4) is 0 Å². The van der Waals surface area contributed by atoms with E-state index in [0.717, 1.165) is 29.9 Å². The Morgan fingerprint density at radius 1 is 1.53 bits per heavy atom. The third-order valence-electron chi connectivity index (χ3n) is 3.44. The Hall–Kier alpha value is -1.46. The third-order valence-corrected chi connectivity index (χ3v) is 4.57. The van der Waals surface area contributed by atoms with E-state index < -0.39 is 0 Å². The number of likely N-dealkylation sites (tertiary alicyclic amines) is 1. The molecule has 1 aromatic carbocycles. The van der Waals surface area contributed by atoms with Crippen LogP contribution >= 0.6 is 11.3 Å². The van der Waals surface area contributed by atoms with Gasteiger partial charge in [-0.15, -0.1) is 11.3 Å². The second-order valence-electron chi connectivity index (χ2n) is 4.70. The van der Waals surface area contributed by atoms with Crippen molar-refractivity contribution in [2.24, 2.45) is 0 Å². The maximum absolute atomic E-state index is 12.0. The molecule has 0 spiro atoms. The standard InChI is InChI=1S/C14H16N2O2S/c1-18-9-13(17)16-8-4-6-11(16)14-15-10-5-2-3-7-12(10)19-14/h2-3,5,7,11H,4,6,8-9H2,1H3/t11-/m1/s1. The number of benzene rings is 1. The van der Waals surface area contributed by atoms with Gasteiger partial charge in [0, 0.05) is 13.7 Å². The first-order chi connectivity index (χ1) is 9.29. The van der Waals surface area contributed by atoms with Crippen molar-refractivity contribution in [1.29, 1.82) is 0 Å². The van der Waals surface area contributed by atoms with Gasteiger partial charge < -0.3 is 9.64 Å². The summed E-state index contributed by atoms with van der Waals surface area (Å²) in [4.78, 5) is 18.6. The number of fused-ring (bicyclic) bond motifs is 1. The number of methoxy groups -OCH3 is 1. The predicted octanol–water partition coefficient (Wildman–Crippen LogP) is 2.61. The summed E-state index contributed by atoms with van der Waals surface area (Å²) in [5.74, 6) is 0.0595. The van der Waals surface area contributed by atoms with Crippen molar-refractivity contribution in [3.05, 3.63) is 29.3 Å². The van der Waals surface area contributed by atoms with Gasteiger partial charge in [0.1, 0.15) is 11.6 Å². The molecular formula is C14H16N2O2S. The molecule has 5 heteroatoms. The van der Waals surface area contributed by atoms with E-state index in [9.17, 15) is 4.79 Å². The normalized spacial score (nSPS) is 19.2. The molecular weight excluding hydrogens is 260 g/mol. The molecule has 19 heavy (non-hydrogen) atoms. The van der Waals surface area contributed by atoms with Crippen molar-refractivity contribution in [2.45, 2.75) is 18.9 Å². The second-order valence-corrected chi connectivity index (χ2v) is 5.76. The van der Waals surface area contributed by atoms with E-state index in [1.165, 1.54) is 4.70 Å². The average molecular weight is 276 g/mol. The number of ether oxygens (including phenoxy) is 1. The minimum Gasteiger partial charge on any atom is -0.375 e. The number of carbonyl (C=O) groups is 1. The zero-order valence-corrected chi connectivity index (χ0v) is 11.7. The number of carbonyl (C=O) groups excluding carboxylic acids is 1. The van der Waals surface area contributed by atoms with Crippen LogP contribution in [0.25, 0.3) is 10.2 Å². The minimum absolute atomic E-state index is 0.0595. The highest BCUT2D eigenvalue weighted by atomic mass is 32.1. The Balaban J connectivity index is 1.89. The lowest BCUT2D eigenvalue weighted by molar-refractivity contribution is -0.136. The summed E-state index contributed by atoms with van der Waals surface area (Å²) in [5.41, 5.74) is 1.02. The van der Waals surface area contributed by atoms with Crippen LogP contribution in [0.4, 0.5) is 0 Å². The van der Waals surface area contributed by atoms with Crippen molar-refractivity contribution >= 4 is 27.5 Å². The van der Waals surface area contributed by atoms with Gasteiger partial charge in [0.15, 0.2) is 0 Å². The van der Waals surface area contributed by atoms with Crippen LogP contribution in [0.5, 0.6) is 0 Å². The second kappa shape index (κ2) is 5.27. The van der Waals surface area contributed by atoms with Crippen molar-refractivity contribution < 1.29 is 9.53 Å². The molecule has 1 aliphatic rings. The van der Waals surface area contributed by atoms with Crippen LogP contribution in [-0.2, 0) is 9.53 Å². The number of aromatic nitrogens is 1. The number of hydrogen-bond donors (Lipinski definition) is 0. The van der Waals surface area contributed by atoms with Crippen LogP contribution in [0.1, 0.15) is 23.9 Å². The molecule has 2 aromatic rings. The molecule has 1 atom stereocenters. The molecule has 1 aliphatic heterocycles. The maximum Gasteiger partial charge on any atom is 0.249 e. The van der Waals surface area contributed by atoms with Crippen molar-refractivity contribution in [2.75, 3.05) is 20.3 Å². The zero-order chi connectivity index (χ0) is 13.2. The smallest absolute Gasteiger partial charge is 0.249 e. The molecule has 1 aromatic heterocycles.